The highest BCUT2D eigenvalue weighted by Crippen LogP contribution is 2.26. The smallest absolute Gasteiger partial charge is 0.215 e. The minimum Gasteiger partial charge on any atom is -0.310 e. The first kappa shape index (κ1) is 14.0. The molecule has 0 aliphatic heterocycles. The number of hydrogen-bond donors (Lipinski definition) is 0. The highest BCUT2D eigenvalue weighted by atomic mass is 19.1. The SMILES string of the molecule is CCCCn1c2ccccc2n2cc(-c3ccc(F)cc3)nc12. The number of rotatable bonds is 4. The van der Waals surface area contributed by atoms with Gasteiger partial charge in [0.05, 0.1) is 16.7 Å². The molecule has 0 fully saturated rings. The molecule has 3 nitrogen and oxygen atoms in total. The highest BCUT2D eigenvalue weighted by Gasteiger charge is 2.14. The van der Waals surface area contributed by atoms with Crippen LogP contribution in [0.3, 0.4) is 0 Å². The van der Waals surface area contributed by atoms with Crippen LogP contribution in [0.4, 0.5) is 4.39 Å². The van der Waals surface area contributed by atoms with Crippen molar-refractivity contribution in [3.63, 3.8) is 0 Å². The number of hydrogen-bond acceptors (Lipinski definition) is 1. The van der Waals surface area contributed by atoms with Gasteiger partial charge in [-0.1, -0.05) is 25.5 Å². The number of aromatic nitrogens is 3. The van der Waals surface area contributed by atoms with E-state index < -0.39 is 0 Å². The third kappa shape index (κ3) is 2.31. The Hall–Kier alpha value is -2.62. The van der Waals surface area contributed by atoms with Gasteiger partial charge in [-0.3, -0.25) is 4.40 Å². The van der Waals surface area contributed by atoms with Crippen LogP contribution in [0.25, 0.3) is 28.1 Å². The molecule has 4 aromatic rings. The number of unbranched alkanes of at least 4 members (excludes halogenated alkanes) is 1. The van der Waals surface area contributed by atoms with Crippen molar-refractivity contribution in [2.24, 2.45) is 0 Å². The quantitative estimate of drug-likeness (QED) is 0.526. The van der Waals surface area contributed by atoms with Crippen LogP contribution in [0.15, 0.2) is 54.7 Å². The Morgan fingerprint density at radius 1 is 1.00 bits per heavy atom. The summed E-state index contributed by atoms with van der Waals surface area (Å²) < 4.78 is 17.5. The first-order chi connectivity index (χ1) is 11.3. The van der Waals surface area contributed by atoms with Crippen molar-refractivity contribution in [3.05, 3.63) is 60.5 Å². The zero-order valence-electron chi connectivity index (χ0n) is 13.0. The predicted molar refractivity (Wildman–Crippen MR) is 91.0 cm³/mol. The fourth-order valence-corrected chi connectivity index (χ4v) is 3.04. The molecule has 0 spiro atoms. The first-order valence-corrected chi connectivity index (χ1v) is 8.00. The second kappa shape index (κ2) is 5.54. The topological polar surface area (TPSA) is 22.2 Å². The van der Waals surface area contributed by atoms with Gasteiger partial charge >= 0.3 is 0 Å². The van der Waals surface area contributed by atoms with E-state index in [1.165, 1.54) is 17.6 Å². The van der Waals surface area contributed by atoms with Crippen molar-refractivity contribution in [1.29, 1.82) is 0 Å². The van der Waals surface area contributed by atoms with Crippen molar-refractivity contribution in [3.8, 4) is 11.3 Å². The van der Waals surface area contributed by atoms with Crippen molar-refractivity contribution < 1.29 is 4.39 Å². The Bertz CT molecular complexity index is 964. The largest absolute Gasteiger partial charge is 0.310 e. The summed E-state index contributed by atoms with van der Waals surface area (Å²) in [6.07, 6.45) is 4.30. The molecular formula is C19H18FN3. The van der Waals surface area contributed by atoms with E-state index in [0.717, 1.165) is 41.9 Å². The van der Waals surface area contributed by atoms with Crippen molar-refractivity contribution in [1.82, 2.24) is 14.0 Å². The maximum atomic E-state index is 13.1. The van der Waals surface area contributed by atoms with E-state index in [4.69, 9.17) is 4.98 Å². The highest BCUT2D eigenvalue weighted by molar-refractivity contribution is 5.82. The summed E-state index contributed by atoms with van der Waals surface area (Å²) in [6, 6.07) is 14.9. The number of nitrogens with zero attached hydrogens (tertiary/aromatic N) is 3. The summed E-state index contributed by atoms with van der Waals surface area (Å²) in [4.78, 5) is 4.81. The van der Waals surface area contributed by atoms with Crippen LogP contribution < -0.4 is 0 Å². The molecule has 0 unspecified atom stereocenters. The number of benzene rings is 2. The molecule has 2 heterocycles. The van der Waals surface area contributed by atoms with Crippen LogP contribution in [0.5, 0.6) is 0 Å². The molecule has 0 radical (unpaired) electrons. The lowest BCUT2D eigenvalue weighted by Gasteiger charge is -2.03. The summed E-state index contributed by atoms with van der Waals surface area (Å²) in [6.45, 7) is 3.14. The monoisotopic (exact) mass is 307 g/mol. The van der Waals surface area contributed by atoms with E-state index >= 15 is 0 Å². The average molecular weight is 307 g/mol. The normalized spacial score (nSPS) is 11.6. The second-order valence-electron chi connectivity index (χ2n) is 5.80. The lowest BCUT2D eigenvalue weighted by atomic mass is 10.2. The first-order valence-electron chi connectivity index (χ1n) is 8.00. The number of halogens is 1. The van der Waals surface area contributed by atoms with Gasteiger partial charge in [-0.05, 0) is 42.8 Å². The number of aryl methyl sites for hydroxylation is 1. The van der Waals surface area contributed by atoms with E-state index in [0.29, 0.717) is 0 Å². The standard InChI is InChI=1S/C19H18FN3/c1-2-3-12-22-17-6-4-5-7-18(17)23-13-16(21-19(22)23)14-8-10-15(20)11-9-14/h4-11,13H,2-3,12H2,1H3. The third-order valence-electron chi connectivity index (χ3n) is 4.24. The van der Waals surface area contributed by atoms with E-state index in [-0.39, 0.29) is 5.82 Å². The molecule has 0 aliphatic rings. The van der Waals surface area contributed by atoms with Crippen LogP contribution in [-0.4, -0.2) is 14.0 Å². The van der Waals surface area contributed by atoms with Crippen molar-refractivity contribution in [2.75, 3.05) is 0 Å². The number of imidazole rings is 2. The molecule has 0 amide bonds. The zero-order valence-corrected chi connectivity index (χ0v) is 13.0. The molecule has 2 aromatic carbocycles. The summed E-state index contributed by atoms with van der Waals surface area (Å²) in [7, 11) is 0. The van der Waals surface area contributed by atoms with Crippen LogP contribution in [0.2, 0.25) is 0 Å². The third-order valence-corrected chi connectivity index (χ3v) is 4.24. The maximum absolute atomic E-state index is 13.1. The molecule has 4 rings (SSSR count). The Morgan fingerprint density at radius 2 is 1.74 bits per heavy atom. The molecule has 2 aromatic heterocycles. The molecule has 0 bridgehead atoms. The van der Waals surface area contributed by atoms with Gasteiger partial charge in [0.1, 0.15) is 5.82 Å². The maximum Gasteiger partial charge on any atom is 0.215 e. The summed E-state index contributed by atoms with van der Waals surface area (Å²) >= 11 is 0. The zero-order chi connectivity index (χ0) is 15.8. The van der Waals surface area contributed by atoms with Crippen LogP contribution in [0, 0.1) is 5.82 Å². The Kier molecular flexibility index (Phi) is 3.37. The summed E-state index contributed by atoms with van der Waals surface area (Å²) in [5.41, 5.74) is 4.16. The van der Waals surface area contributed by atoms with Crippen molar-refractivity contribution in [2.45, 2.75) is 26.3 Å². The Balaban J connectivity index is 1.92. The minimum absolute atomic E-state index is 0.226. The van der Waals surface area contributed by atoms with E-state index in [1.807, 2.05) is 12.3 Å². The molecule has 0 saturated carbocycles. The average Bonchev–Trinajstić information content (AvgIpc) is 3.12. The molecule has 23 heavy (non-hydrogen) atoms. The molecule has 0 saturated heterocycles. The van der Waals surface area contributed by atoms with Crippen molar-refractivity contribution >= 4 is 16.8 Å². The Labute approximate surface area is 134 Å². The summed E-state index contributed by atoms with van der Waals surface area (Å²) in [5.74, 6) is 0.717. The van der Waals surface area contributed by atoms with Crippen LogP contribution in [-0.2, 0) is 6.54 Å². The fourth-order valence-electron chi connectivity index (χ4n) is 3.04. The number of para-hydroxylation sites is 2. The van der Waals surface area contributed by atoms with E-state index in [9.17, 15) is 4.39 Å². The van der Waals surface area contributed by atoms with Gasteiger partial charge < -0.3 is 4.57 Å². The minimum atomic E-state index is -0.226. The second-order valence-corrected chi connectivity index (χ2v) is 5.80. The molecular weight excluding hydrogens is 289 g/mol. The molecule has 0 N–H and O–H groups in total. The van der Waals surface area contributed by atoms with Crippen LogP contribution in [0.1, 0.15) is 19.8 Å². The molecule has 0 atom stereocenters. The van der Waals surface area contributed by atoms with Gasteiger partial charge in [-0.25, -0.2) is 9.37 Å². The lowest BCUT2D eigenvalue weighted by molar-refractivity contribution is 0.628. The van der Waals surface area contributed by atoms with Gasteiger partial charge in [-0.2, -0.15) is 0 Å². The van der Waals surface area contributed by atoms with Gasteiger partial charge in [0.25, 0.3) is 0 Å². The van der Waals surface area contributed by atoms with Gasteiger partial charge in [0.2, 0.25) is 5.78 Å². The van der Waals surface area contributed by atoms with Gasteiger partial charge in [0, 0.05) is 18.3 Å². The Morgan fingerprint density at radius 3 is 2.48 bits per heavy atom. The molecule has 0 aliphatic carbocycles. The fraction of sp³-hybridized carbons (Fsp3) is 0.211. The van der Waals surface area contributed by atoms with Gasteiger partial charge in [0.15, 0.2) is 0 Å². The van der Waals surface area contributed by atoms with E-state index in [1.54, 1.807) is 12.1 Å². The van der Waals surface area contributed by atoms with Gasteiger partial charge in [-0.15, -0.1) is 0 Å². The summed E-state index contributed by atoms with van der Waals surface area (Å²) in [5, 5.41) is 0. The van der Waals surface area contributed by atoms with E-state index in [2.05, 4.69) is 34.1 Å². The lowest BCUT2D eigenvalue weighted by Crippen LogP contribution is -1.98. The molecule has 4 heteroatoms. The van der Waals surface area contributed by atoms with Crippen LogP contribution >= 0.6 is 0 Å². The number of fused-ring (bicyclic) bond motifs is 3. The predicted octanol–water partition coefficient (Wildman–Crippen LogP) is 4.90. The molecule has 116 valence electrons.